The van der Waals surface area contributed by atoms with Gasteiger partial charge in [0, 0.05) is 7.05 Å². The lowest BCUT2D eigenvalue weighted by molar-refractivity contribution is -0.127. The predicted molar refractivity (Wildman–Crippen MR) is 114 cm³/mol. The Kier molecular flexibility index (Phi) is 7.90. The molecule has 1 atom stereocenters. The average molecular weight is 421 g/mol. The van der Waals surface area contributed by atoms with Crippen molar-refractivity contribution in [2.24, 2.45) is 0 Å². The van der Waals surface area contributed by atoms with Gasteiger partial charge in [0.2, 0.25) is 10.0 Å². The van der Waals surface area contributed by atoms with Gasteiger partial charge in [-0.15, -0.1) is 0 Å². The molecule has 158 valence electrons. The van der Waals surface area contributed by atoms with Crippen molar-refractivity contribution in [1.82, 2.24) is 5.32 Å². The largest absolute Gasteiger partial charge is 0.492 e. The SMILES string of the molecule is CCc1ccc(OCCNC(=O)C(C)Oc2ccc(N(C)S(C)(=O)=O)cc2)cc1. The normalized spacial score (nSPS) is 12.1. The number of aryl methyl sites for hydroxylation is 1. The van der Waals surface area contributed by atoms with E-state index in [0.717, 1.165) is 18.4 Å². The van der Waals surface area contributed by atoms with Crippen molar-refractivity contribution in [2.45, 2.75) is 26.4 Å². The third-order valence-corrected chi connectivity index (χ3v) is 5.59. The Morgan fingerprint density at radius 2 is 1.66 bits per heavy atom. The topological polar surface area (TPSA) is 84.9 Å². The van der Waals surface area contributed by atoms with Crippen molar-refractivity contribution in [3.63, 3.8) is 0 Å². The zero-order valence-corrected chi connectivity index (χ0v) is 18.0. The lowest BCUT2D eigenvalue weighted by atomic mass is 10.2. The van der Waals surface area contributed by atoms with Crippen LogP contribution in [0, 0.1) is 0 Å². The standard InChI is InChI=1S/C21H28N2O5S/c1-5-17-6-10-19(11-7-17)27-15-14-22-21(24)16(2)28-20-12-8-18(9-13-20)23(3)29(4,25)26/h6-13,16H,5,14-15H2,1-4H3,(H,22,24). The van der Waals surface area contributed by atoms with Crippen LogP contribution in [-0.4, -0.2) is 46.9 Å². The zero-order chi connectivity index (χ0) is 21.4. The van der Waals surface area contributed by atoms with Gasteiger partial charge in [-0.05, 0) is 55.3 Å². The molecule has 0 spiro atoms. The fraction of sp³-hybridized carbons (Fsp3) is 0.381. The molecule has 0 bridgehead atoms. The Morgan fingerprint density at radius 1 is 1.07 bits per heavy atom. The van der Waals surface area contributed by atoms with E-state index in [1.165, 1.54) is 16.9 Å². The van der Waals surface area contributed by atoms with Gasteiger partial charge >= 0.3 is 0 Å². The minimum absolute atomic E-state index is 0.257. The van der Waals surface area contributed by atoms with Crippen LogP contribution < -0.4 is 19.1 Å². The summed E-state index contributed by atoms with van der Waals surface area (Å²) in [5.74, 6) is 0.984. The second-order valence-electron chi connectivity index (χ2n) is 6.62. The first-order chi connectivity index (χ1) is 13.7. The molecule has 0 saturated heterocycles. The molecule has 29 heavy (non-hydrogen) atoms. The molecule has 0 radical (unpaired) electrons. The van der Waals surface area contributed by atoms with Gasteiger partial charge in [-0.25, -0.2) is 8.42 Å². The van der Waals surface area contributed by atoms with Crippen molar-refractivity contribution < 1.29 is 22.7 Å². The first-order valence-electron chi connectivity index (χ1n) is 9.40. The first kappa shape index (κ1) is 22.5. The number of ether oxygens (including phenoxy) is 2. The van der Waals surface area contributed by atoms with E-state index in [1.54, 1.807) is 31.2 Å². The summed E-state index contributed by atoms with van der Waals surface area (Å²) in [6.45, 7) is 4.46. The third-order valence-electron chi connectivity index (χ3n) is 4.38. The molecule has 1 unspecified atom stereocenters. The number of nitrogens with one attached hydrogen (secondary N) is 1. The third kappa shape index (κ3) is 6.98. The maximum absolute atomic E-state index is 12.2. The fourth-order valence-corrected chi connectivity index (χ4v) is 3.00. The van der Waals surface area contributed by atoms with Crippen molar-refractivity contribution in [1.29, 1.82) is 0 Å². The molecular weight excluding hydrogens is 392 g/mol. The first-order valence-corrected chi connectivity index (χ1v) is 11.3. The van der Waals surface area contributed by atoms with Gasteiger partial charge in [-0.1, -0.05) is 19.1 Å². The van der Waals surface area contributed by atoms with E-state index in [1.807, 2.05) is 24.3 Å². The van der Waals surface area contributed by atoms with Crippen LogP contribution in [-0.2, 0) is 21.2 Å². The van der Waals surface area contributed by atoms with Gasteiger partial charge in [0.05, 0.1) is 18.5 Å². The molecule has 7 nitrogen and oxygen atoms in total. The molecule has 0 aliphatic carbocycles. The molecule has 0 saturated carbocycles. The van der Waals surface area contributed by atoms with E-state index in [2.05, 4.69) is 12.2 Å². The van der Waals surface area contributed by atoms with Gasteiger partial charge in [0.1, 0.15) is 18.1 Å². The van der Waals surface area contributed by atoms with Gasteiger partial charge in [0.15, 0.2) is 6.10 Å². The van der Waals surface area contributed by atoms with E-state index in [4.69, 9.17) is 9.47 Å². The van der Waals surface area contributed by atoms with Crippen LogP contribution in [0.25, 0.3) is 0 Å². The Hall–Kier alpha value is -2.74. The quantitative estimate of drug-likeness (QED) is 0.597. The zero-order valence-electron chi connectivity index (χ0n) is 17.2. The van der Waals surface area contributed by atoms with Gasteiger partial charge < -0.3 is 14.8 Å². The van der Waals surface area contributed by atoms with Gasteiger partial charge in [-0.2, -0.15) is 0 Å². The van der Waals surface area contributed by atoms with E-state index in [9.17, 15) is 13.2 Å². The number of carbonyl (C=O) groups excluding carboxylic acids is 1. The van der Waals surface area contributed by atoms with Crippen molar-refractivity contribution in [2.75, 3.05) is 30.8 Å². The monoisotopic (exact) mass is 420 g/mol. The van der Waals surface area contributed by atoms with E-state index >= 15 is 0 Å². The highest BCUT2D eigenvalue weighted by Gasteiger charge is 2.15. The van der Waals surface area contributed by atoms with Crippen molar-refractivity contribution in [3.05, 3.63) is 54.1 Å². The predicted octanol–water partition coefficient (Wildman–Crippen LogP) is 2.61. The molecule has 0 aliphatic heterocycles. The van der Waals surface area contributed by atoms with Crippen LogP contribution in [0.15, 0.2) is 48.5 Å². The highest BCUT2D eigenvalue weighted by atomic mass is 32.2. The van der Waals surface area contributed by atoms with Crippen LogP contribution in [0.3, 0.4) is 0 Å². The second-order valence-corrected chi connectivity index (χ2v) is 8.64. The smallest absolute Gasteiger partial charge is 0.260 e. The number of rotatable bonds is 10. The highest BCUT2D eigenvalue weighted by Crippen LogP contribution is 2.21. The molecule has 0 fully saturated rings. The van der Waals surface area contributed by atoms with Crippen molar-refractivity contribution in [3.8, 4) is 11.5 Å². The molecule has 0 aromatic heterocycles. The molecule has 0 heterocycles. The summed E-state index contributed by atoms with van der Waals surface area (Å²) in [7, 11) is -1.85. The Labute approximate surface area is 172 Å². The Bertz CT molecular complexity index is 896. The van der Waals surface area contributed by atoms with Gasteiger partial charge in [0.25, 0.3) is 5.91 Å². The minimum atomic E-state index is -3.33. The number of hydrogen-bond donors (Lipinski definition) is 1. The van der Waals surface area contributed by atoms with Crippen molar-refractivity contribution >= 4 is 21.6 Å². The number of hydrogen-bond acceptors (Lipinski definition) is 5. The summed E-state index contributed by atoms with van der Waals surface area (Å²) in [5, 5.41) is 2.77. The maximum Gasteiger partial charge on any atom is 0.260 e. The summed E-state index contributed by atoms with van der Waals surface area (Å²) in [6, 6.07) is 14.4. The van der Waals surface area contributed by atoms with E-state index in [-0.39, 0.29) is 5.91 Å². The number of amides is 1. The fourth-order valence-electron chi connectivity index (χ4n) is 2.49. The lowest BCUT2D eigenvalue weighted by Crippen LogP contribution is -2.38. The summed E-state index contributed by atoms with van der Waals surface area (Å²) < 4.78 is 35.5. The summed E-state index contributed by atoms with van der Waals surface area (Å²) >= 11 is 0. The number of nitrogens with zero attached hydrogens (tertiary/aromatic N) is 1. The molecule has 2 aromatic rings. The summed E-state index contributed by atoms with van der Waals surface area (Å²) in [4.78, 5) is 12.2. The molecule has 2 rings (SSSR count). The molecule has 0 aliphatic rings. The minimum Gasteiger partial charge on any atom is -0.492 e. The molecule has 2 aromatic carbocycles. The Morgan fingerprint density at radius 3 is 2.21 bits per heavy atom. The number of carbonyl (C=O) groups is 1. The number of sulfonamides is 1. The molecule has 1 N–H and O–H groups in total. The van der Waals surface area contributed by atoms with Gasteiger partial charge in [-0.3, -0.25) is 9.10 Å². The summed E-state index contributed by atoms with van der Waals surface area (Å²) in [6.07, 6.45) is 1.41. The van der Waals surface area contributed by atoms with E-state index < -0.39 is 16.1 Å². The number of benzene rings is 2. The van der Waals surface area contributed by atoms with Crippen LogP contribution in [0.4, 0.5) is 5.69 Å². The second kappa shape index (κ2) is 10.2. The van der Waals surface area contributed by atoms with Crippen LogP contribution >= 0.6 is 0 Å². The molecular formula is C21H28N2O5S. The van der Waals surface area contributed by atoms with Crippen LogP contribution in [0.1, 0.15) is 19.4 Å². The van der Waals surface area contributed by atoms with Crippen LogP contribution in [0.2, 0.25) is 0 Å². The molecule has 8 heteroatoms. The average Bonchev–Trinajstić information content (AvgIpc) is 2.70. The highest BCUT2D eigenvalue weighted by molar-refractivity contribution is 7.92. The van der Waals surface area contributed by atoms with Crippen LogP contribution in [0.5, 0.6) is 11.5 Å². The summed E-state index contributed by atoms with van der Waals surface area (Å²) in [5.41, 5.74) is 1.76. The lowest BCUT2D eigenvalue weighted by Gasteiger charge is -2.18. The van der Waals surface area contributed by atoms with E-state index in [0.29, 0.717) is 24.6 Å². The Balaban J connectivity index is 1.76. The molecule has 1 amide bonds. The maximum atomic E-state index is 12.2. The number of anilines is 1.